The number of hydrogen-bond acceptors (Lipinski definition) is 5. The van der Waals surface area contributed by atoms with Gasteiger partial charge in [0.15, 0.2) is 9.84 Å². The fourth-order valence-electron chi connectivity index (χ4n) is 8.38. The van der Waals surface area contributed by atoms with Gasteiger partial charge in [-0.25, -0.2) is 12.8 Å². The summed E-state index contributed by atoms with van der Waals surface area (Å²) in [6.45, 7) is -0.362. The van der Waals surface area contributed by atoms with Crippen LogP contribution >= 0.6 is 9.24 Å². The minimum atomic E-state index is -6.37. The number of nitrogens with zero attached hydrogens (tertiary/aromatic N) is 2. The Labute approximate surface area is 268 Å². The lowest BCUT2D eigenvalue weighted by Crippen LogP contribution is -2.61. The lowest BCUT2D eigenvalue weighted by Gasteiger charge is -2.53. The van der Waals surface area contributed by atoms with Gasteiger partial charge in [-0.05, 0) is 74.0 Å². The second-order valence-corrected chi connectivity index (χ2v) is 16.2. The topological polar surface area (TPSA) is 95.0 Å². The summed E-state index contributed by atoms with van der Waals surface area (Å²) in [5, 5.41) is 10.5. The maximum Gasteiger partial charge on any atom is 0.435 e. The van der Waals surface area contributed by atoms with Gasteiger partial charge in [0.2, 0.25) is 5.91 Å². The van der Waals surface area contributed by atoms with E-state index in [1.807, 2.05) is 0 Å². The number of amides is 1. The van der Waals surface area contributed by atoms with Gasteiger partial charge in [0.25, 0.3) is 0 Å². The minimum Gasteiger partial charge on any atom is -0.481 e. The molecule has 1 amide bonds. The Bertz CT molecular complexity index is 1710. The molecule has 2 aliphatic heterocycles. The molecule has 1 N–H and O–H groups in total. The van der Waals surface area contributed by atoms with Crippen LogP contribution in [0.1, 0.15) is 56.1 Å². The number of carbonyl (C=O) groups is 2. The van der Waals surface area contributed by atoms with Gasteiger partial charge >= 0.3 is 24.0 Å². The number of aliphatic carboxylic acids is 1. The van der Waals surface area contributed by atoms with E-state index in [4.69, 9.17) is 0 Å². The van der Waals surface area contributed by atoms with Crippen LogP contribution in [-0.2, 0) is 29.8 Å². The lowest BCUT2D eigenvalue weighted by molar-refractivity contribution is -0.348. The molecule has 0 aromatic heterocycles. The number of hydrogen-bond donors (Lipinski definition) is 1. The van der Waals surface area contributed by atoms with E-state index in [9.17, 15) is 49.5 Å². The van der Waals surface area contributed by atoms with Crippen molar-refractivity contribution in [3.63, 3.8) is 0 Å². The predicted octanol–water partition coefficient (Wildman–Crippen LogP) is 5.62. The van der Waals surface area contributed by atoms with E-state index in [1.165, 1.54) is 41.1 Å². The van der Waals surface area contributed by atoms with Gasteiger partial charge in [0, 0.05) is 36.8 Å². The number of carboxylic acids is 1. The fourth-order valence-corrected chi connectivity index (χ4v) is 10.9. The summed E-state index contributed by atoms with van der Waals surface area (Å²) >= 11 is 0. The zero-order valence-electron chi connectivity index (χ0n) is 25.1. The van der Waals surface area contributed by atoms with E-state index in [0.717, 1.165) is 6.07 Å². The molecule has 2 aromatic rings. The third kappa shape index (κ3) is 4.57. The van der Waals surface area contributed by atoms with Crippen molar-refractivity contribution >= 4 is 41.9 Å². The number of alkyl halides is 7. The van der Waals surface area contributed by atoms with Crippen LogP contribution in [0.25, 0.3) is 0 Å². The van der Waals surface area contributed by atoms with E-state index >= 15 is 4.39 Å². The Balaban J connectivity index is 1.50. The largest absolute Gasteiger partial charge is 0.481 e. The Kier molecular flexibility index (Phi) is 7.61. The third-order valence-corrected chi connectivity index (χ3v) is 14.1. The number of likely N-dealkylation sites (N-methyl/N-ethyl adjacent to an activating group) is 1. The summed E-state index contributed by atoms with van der Waals surface area (Å²) in [6.07, 6.45) is -11.2. The average Bonchev–Trinajstić information content (AvgIpc) is 3.41. The number of rotatable bonds is 5. The Morgan fingerprint density at radius 2 is 1.38 bits per heavy atom. The van der Waals surface area contributed by atoms with Gasteiger partial charge in [0.05, 0.1) is 16.4 Å². The summed E-state index contributed by atoms with van der Waals surface area (Å²) in [5.41, 5.74) is -9.76. The van der Waals surface area contributed by atoms with Gasteiger partial charge in [-0.3, -0.25) is 9.59 Å². The second kappa shape index (κ2) is 10.5. The van der Waals surface area contributed by atoms with E-state index in [2.05, 4.69) is 9.24 Å². The molecule has 256 valence electrons. The first-order valence-corrected chi connectivity index (χ1v) is 17.1. The first-order chi connectivity index (χ1) is 21.7. The van der Waals surface area contributed by atoms with Gasteiger partial charge in [-0.1, -0.05) is 24.3 Å². The van der Waals surface area contributed by atoms with Crippen LogP contribution in [0.3, 0.4) is 0 Å². The first kappa shape index (κ1) is 34.0. The average molecular weight is 709 g/mol. The second-order valence-electron chi connectivity index (χ2n) is 13.4. The minimum absolute atomic E-state index is 0.0799. The molecule has 47 heavy (non-hydrogen) atoms. The summed E-state index contributed by atoms with van der Waals surface area (Å²) < 4.78 is 125. The first-order valence-electron chi connectivity index (χ1n) is 15.0. The van der Waals surface area contributed by atoms with Crippen molar-refractivity contribution in [3.8, 4) is 0 Å². The Morgan fingerprint density at radius 1 is 0.851 bits per heavy atom. The molecule has 4 fully saturated rings. The number of benzene rings is 2. The molecule has 2 heterocycles. The van der Waals surface area contributed by atoms with Crippen LogP contribution in [0.15, 0.2) is 47.4 Å². The van der Waals surface area contributed by atoms with Gasteiger partial charge < -0.3 is 14.9 Å². The summed E-state index contributed by atoms with van der Waals surface area (Å²) in [4.78, 5) is 29.0. The molecule has 3 unspecified atom stereocenters. The van der Waals surface area contributed by atoms with Crippen LogP contribution in [-0.4, -0.2) is 68.8 Å². The van der Waals surface area contributed by atoms with E-state index < -0.39 is 61.0 Å². The monoisotopic (exact) mass is 708 g/mol. The molecule has 2 aromatic carbocycles. The van der Waals surface area contributed by atoms with Crippen LogP contribution in [0.4, 0.5) is 36.4 Å². The van der Waals surface area contributed by atoms with Gasteiger partial charge in [-0.2, -0.15) is 26.3 Å². The highest BCUT2D eigenvalue weighted by atomic mass is 32.2. The summed E-state index contributed by atoms with van der Waals surface area (Å²) in [5.74, 6) is -1.26. The molecule has 0 radical (unpaired) electrons. The maximum absolute atomic E-state index is 15.2. The highest BCUT2D eigenvalue weighted by Crippen LogP contribution is 2.61. The maximum atomic E-state index is 15.2. The van der Waals surface area contributed by atoms with Crippen molar-refractivity contribution in [3.05, 3.63) is 53.6 Å². The summed E-state index contributed by atoms with van der Waals surface area (Å²) in [7, 11) is -0.755. The van der Waals surface area contributed by atoms with Crippen molar-refractivity contribution in [2.75, 3.05) is 25.0 Å². The number of halogens is 7. The Hall–Kier alpha value is -2.93. The standard InChI is InChI=1S/C31H32F7N2O5PS/c1-39-17-23-28(47(44,45)20-5-3-19(46)4-6-20,21-7-2-18(16-22(21)39)29(32,30(33,34)35)31(36,37)38)14-15-40(23)24(41)26-8-11-27(12-9-26,13-10-26)25(42)43/h2-7,16,23H,8-15,17,46H2,1H3,(H,42,43). The van der Waals surface area contributed by atoms with E-state index in [-0.39, 0.29) is 60.8 Å². The van der Waals surface area contributed by atoms with E-state index in [0.29, 0.717) is 36.7 Å². The van der Waals surface area contributed by atoms with Gasteiger partial charge in [-0.15, -0.1) is 9.24 Å². The van der Waals surface area contributed by atoms with Crippen molar-refractivity contribution in [1.82, 2.24) is 4.90 Å². The van der Waals surface area contributed by atoms with Crippen molar-refractivity contribution in [2.24, 2.45) is 10.8 Å². The zero-order chi connectivity index (χ0) is 34.6. The number of sulfone groups is 1. The molecule has 3 aliphatic carbocycles. The molecule has 16 heteroatoms. The molecular formula is C31H32F7N2O5PS. The Morgan fingerprint density at radius 3 is 1.89 bits per heavy atom. The van der Waals surface area contributed by atoms with Crippen LogP contribution in [0.5, 0.6) is 0 Å². The molecule has 2 bridgehead atoms. The normalized spacial score (nSPS) is 29.4. The molecule has 1 saturated heterocycles. The molecule has 3 atom stereocenters. The molecule has 0 spiro atoms. The molecule has 3 saturated carbocycles. The van der Waals surface area contributed by atoms with Crippen molar-refractivity contribution in [1.29, 1.82) is 0 Å². The zero-order valence-corrected chi connectivity index (χ0v) is 27.1. The molecular weight excluding hydrogens is 676 g/mol. The number of fused-ring (bicyclic) bond motifs is 6. The van der Waals surface area contributed by atoms with Crippen LogP contribution < -0.4 is 10.2 Å². The number of likely N-dealkylation sites (tertiary alicyclic amines) is 1. The quantitative estimate of drug-likeness (QED) is 0.320. The van der Waals surface area contributed by atoms with Crippen LogP contribution in [0.2, 0.25) is 0 Å². The highest BCUT2D eigenvalue weighted by molar-refractivity contribution is 7.92. The number of carboxylic acid groups (broad SMARTS) is 1. The fraction of sp³-hybridized carbons (Fsp3) is 0.548. The smallest absolute Gasteiger partial charge is 0.435 e. The third-order valence-electron chi connectivity index (χ3n) is 11.2. The van der Waals surface area contributed by atoms with Crippen molar-refractivity contribution < 1.29 is 53.8 Å². The molecule has 7 rings (SSSR count). The van der Waals surface area contributed by atoms with Crippen molar-refractivity contribution in [2.45, 2.75) is 78.7 Å². The molecule has 7 nitrogen and oxygen atoms in total. The van der Waals surface area contributed by atoms with E-state index in [1.54, 1.807) is 0 Å². The number of carbonyl (C=O) groups excluding carboxylic acids is 1. The predicted molar refractivity (Wildman–Crippen MR) is 160 cm³/mol. The number of anilines is 1. The van der Waals surface area contributed by atoms with Crippen LogP contribution in [0, 0.1) is 10.8 Å². The highest BCUT2D eigenvalue weighted by Gasteiger charge is 2.74. The van der Waals surface area contributed by atoms with Gasteiger partial charge in [0.1, 0.15) is 4.75 Å². The summed E-state index contributed by atoms with van der Waals surface area (Å²) in [6, 6.07) is 6.16. The molecule has 5 aliphatic rings. The SMILES string of the molecule is CN1CC2N(C(=O)C34CCC(C(=O)O)(CC3)CC4)CCC2(S(=O)(=O)c2ccc(P)cc2)c2ccc(C(F)(C(F)(F)F)C(F)(F)F)cc21. The lowest BCUT2D eigenvalue weighted by atomic mass is 9.53.